The van der Waals surface area contributed by atoms with E-state index in [9.17, 15) is 34.5 Å². The molecule has 6 N–H and O–H groups in total. The zero-order valence-electron chi connectivity index (χ0n) is 32.4. The van der Waals surface area contributed by atoms with Crippen molar-refractivity contribution in [3.8, 4) is 0 Å². The Morgan fingerprint density at radius 1 is 1.05 bits per heavy atom. The zero-order valence-corrected chi connectivity index (χ0v) is 34.0. The van der Waals surface area contributed by atoms with Crippen molar-refractivity contribution in [2.75, 3.05) is 81.5 Å². The topological polar surface area (TPSA) is 196 Å². The van der Waals surface area contributed by atoms with Gasteiger partial charge in [-0.3, -0.25) is 14.5 Å². The molecule has 4 aliphatic heterocycles. The molecule has 4 fully saturated rings. The van der Waals surface area contributed by atoms with Crippen molar-refractivity contribution in [2.45, 2.75) is 87.4 Å². The van der Waals surface area contributed by atoms with Crippen molar-refractivity contribution < 1.29 is 48.4 Å². The van der Waals surface area contributed by atoms with Crippen LogP contribution in [-0.4, -0.2) is 168 Å². The largest absolute Gasteiger partial charge is 0.442 e. The fourth-order valence-electron chi connectivity index (χ4n) is 7.85. The smallest absolute Gasteiger partial charge is 0.414 e. The van der Waals surface area contributed by atoms with Gasteiger partial charge in [0, 0.05) is 52.7 Å². The summed E-state index contributed by atoms with van der Waals surface area (Å²) in [6.07, 6.45) is -2.32. The molecule has 0 bridgehead atoms. The zero-order chi connectivity index (χ0) is 40.7. The molecule has 10 atom stereocenters. The highest BCUT2D eigenvalue weighted by atomic mass is 35.5. The Kier molecular flexibility index (Phi) is 15.7. The Bertz CT molecular complexity index is 1530. The number of cyclic esters (lactones) is 1. The average molecular weight is 830 g/mol. The normalized spacial score (nSPS) is 29.7. The molecule has 19 heteroatoms. The number of amides is 5. The minimum Gasteiger partial charge on any atom is -0.442 e. The number of nitrogens with one attached hydrogen (secondary N) is 3. The molecule has 1 aromatic rings. The molecule has 4 saturated heterocycles. The summed E-state index contributed by atoms with van der Waals surface area (Å²) in [7, 11) is 0. The van der Waals surface area contributed by atoms with Crippen molar-refractivity contribution >= 4 is 58.7 Å². The number of hydrogen-bond donors (Lipinski definition) is 6. The summed E-state index contributed by atoms with van der Waals surface area (Å²) >= 11 is 7.69. The molecule has 0 saturated carbocycles. The molecule has 0 aliphatic carbocycles. The van der Waals surface area contributed by atoms with Crippen LogP contribution in [0.25, 0.3) is 0 Å². The number of piperidine rings is 1. The van der Waals surface area contributed by atoms with Gasteiger partial charge in [-0.1, -0.05) is 13.3 Å². The van der Waals surface area contributed by atoms with E-state index in [4.69, 9.17) is 21.1 Å². The number of halogens is 2. The Morgan fingerprint density at radius 3 is 2.43 bits per heavy atom. The van der Waals surface area contributed by atoms with Gasteiger partial charge in [0.2, 0.25) is 11.8 Å². The highest BCUT2D eigenvalue weighted by Crippen LogP contribution is 2.32. The maximum Gasteiger partial charge on any atom is 0.414 e. The van der Waals surface area contributed by atoms with Gasteiger partial charge in [-0.25, -0.2) is 14.0 Å². The number of anilines is 2. The Balaban J connectivity index is 1.05. The molecule has 5 amide bonds. The maximum absolute atomic E-state index is 15.3. The van der Waals surface area contributed by atoms with Crippen molar-refractivity contribution in [3.63, 3.8) is 0 Å². The highest BCUT2D eigenvalue weighted by Gasteiger charge is 2.48. The minimum atomic E-state index is -1.45. The summed E-state index contributed by atoms with van der Waals surface area (Å²) in [5.41, 5.74) is -0.0435. The van der Waals surface area contributed by atoms with E-state index >= 15 is 4.39 Å². The lowest BCUT2D eigenvalue weighted by atomic mass is 9.86. The molecule has 0 aromatic heterocycles. The van der Waals surface area contributed by atoms with Crippen LogP contribution in [0.15, 0.2) is 18.2 Å². The lowest BCUT2D eigenvalue weighted by molar-refractivity contribution is -0.205. The van der Waals surface area contributed by atoms with Gasteiger partial charge >= 0.3 is 12.1 Å². The van der Waals surface area contributed by atoms with E-state index in [0.29, 0.717) is 70.0 Å². The Labute approximate surface area is 336 Å². The van der Waals surface area contributed by atoms with Crippen LogP contribution in [0.2, 0.25) is 0 Å². The van der Waals surface area contributed by atoms with Gasteiger partial charge in [-0.05, 0) is 56.7 Å². The van der Waals surface area contributed by atoms with Gasteiger partial charge in [0.1, 0.15) is 41.8 Å². The molecule has 4 heterocycles. The lowest BCUT2D eigenvalue weighted by Crippen LogP contribution is -2.65. The molecular weight excluding hydrogens is 773 g/mol. The first-order valence-electron chi connectivity index (χ1n) is 19.4. The summed E-state index contributed by atoms with van der Waals surface area (Å²) in [6.45, 7) is 9.65. The van der Waals surface area contributed by atoms with Crippen LogP contribution in [-0.2, 0) is 19.1 Å². The van der Waals surface area contributed by atoms with E-state index in [-0.39, 0.29) is 42.8 Å². The second kappa shape index (κ2) is 20.0. The number of piperazine rings is 1. The summed E-state index contributed by atoms with van der Waals surface area (Å²) in [6, 6.07) is 3.58. The van der Waals surface area contributed by atoms with Gasteiger partial charge in [-0.15, -0.1) is 23.4 Å². The van der Waals surface area contributed by atoms with E-state index in [1.165, 1.54) is 29.7 Å². The monoisotopic (exact) mass is 829 g/mol. The Hall–Kier alpha value is -3.13. The number of carbonyl (C=O) groups excluding carboxylic acids is 4. The van der Waals surface area contributed by atoms with E-state index in [0.717, 1.165) is 13.0 Å². The first-order valence-corrected chi connectivity index (χ1v) is 21.1. The molecule has 0 radical (unpaired) electrons. The molecule has 5 rings (SSSR count). The van der Waals surface area contributed by atoms with Crippen LogP contribution in [0.3, 0.4) is 0 Å². The second-order valence-corrected chi connectivity index (χ2v) is 16.7. The minimum absolute atomic E-state index is 0.177. The Morgan fingerprint density at radius 2 is 1.79 bits per heavy atom. The van der Waals surface area contributed by atoms with Crippen LogP contribution in [0.4, 0.5) is 25.4 Å². The predicted molar refractivity (Wildman–Crippen MR) is 210 cm³/mol. The predicted octanol–water partition coefficient (Wildman–Crippen LogP) is 1.14. The van der Waals surface area contributed by atoms with Crippen LogP contribution >= 0.6 is 23.4 Å². The van der Waals surface area contributed by atoms with E-state index in [1.54, 1.807) is 30.2 Å². The quantitative estimate of drug-likeness (QED) is 0.116. The van der Waals surface area contributed by atoms with Crippen LogP contribution in [0, 0.1) is 17.7 Å². The number of alkyl halides is 1. The van der Waals surface area contributed by atoms with Crippen molar-refractivity contribution in [2.24, 2.45) is 11.8 Å². The maximum atomic E-state index is 15.3. The number of hydrogen-bond acceptors (Lipinski definition) is 12. The third-order valence-electron chi connectivity index (χ3n) is 11.1. The standard InChI is InChI=1S/C37H57ClFN7O9S/c1-5-23-15-24(34(51)42-29(21(2)38)33-31(49)30(48)32(50)35(55-33)56-4)19-43(18-23)10-6-9-40-36(52)45-13-11-44(12-14-45)28-8-7-25(16-27(28)39)46-20-26(54-37(46)53)17-41-22(3)47/h7-8,16,21,23-24,26,29-33,35,48-50H,5-6,9-15,17-20H2,1-4H3,(H,40,52)(H,41,47)(H,42,51)/t21?,23?,24?,26-,29?,30+,31+,32?,33?,35+/m0/s1. The van der Waals surface area contributed by atoms with E-state index < -0.39 is 59.3 Å². The number of thioether (sulfide) groups is 1. The molecule has 0 spiro atoms. The molecule has 1 aromatic carbocycles. The third-order valence-corrected chi connectivity index (χ3v) is 12.2. The second-order valence-electron chi connectivity index (χ2n) is 15.1. The fourth-order valence-corrected chi connectivity index (χ4v) is 8.74. The van der Waals surface area contributed by atoms with Gasteiger partial charge in [0.15, 0.2) is 0 Å². The number of rotatable bonds is 14. The number of aliphatic hydroxyl groups is 3. The molecular formula is C37H57ClFN7O9S. The summed E-state index contributed by atoms with van der Waals surface area (Å²) in [4.78, 5) is 57.4. The van der Waals surface area contributed by atoms with E-state index in [2.05, 4.69) is 27.8 Å². The number of benzene rings is 1. The first-order chi connectivity index (χ1) is 26.7. The number of urea groups is 1. The SMILES string of the molecule is CCC1CC(C(=O)NC(C(C)Cl)C2O[C@H](SC)C(O)[C@H](O)[C@H]2O)CN(CCCNC(=O)N2CCN(c3ccc(N4C[C@H](CNC(C)=O)OC4=O)cc3F)CC2)C1. The number of ether oxygens (including phenoxy) is 2. The van der Waals surface area contributed by atoms with Crippen LogP contribution < -0.4 is 25.8 Å². The van der Waals surface area contributed by atoms with Crippen molar-refractivity contribution in [1.29, 1.82) is 0 Å². The molecule has 16 nitrogen and oxygen atoms in total. The van der Waals surface area contributed by atoms with Crippen molar-refractivity contribution in [3.05, 3.63) is 24.0 Å². The van der Waals surface area contributed by atoms with Crippen LogP contribution in [0.1, 0.15) is 40.0 Å². The van der Waals surface area contributed by atoms with Gasteiger partial charge < -0.3 is 55.4 Å². The van der Waals surface area contributed by atoms with Crippen molar-refractivity contribution in [1.82, 2.24) is 25.8 Å². The van der Waals surface area contributed by atoms with E-state index in [1.807, 2.05) is 4.90 Å². The van der Waals surface area contributed by atoms with Gasteiger partial charge in [0.05, 0.1) is 41.8 Å². The lowest BCUT2D eigenvalue weighted by Gasteiger charge is -2.44. The fraction of sp³-hybridized carbons (Fsp3) is 0.730. The highest BCUT2D eigenvalue weighted by molar-refractivity contribution is 7.99. The number of nitrogens with zero attached hydrogens (tertiary/aromatic N) is 4. The summed E-state index contributed by atoms with van der Waals surface area (Å²) < 4.78 is 26.5. The molecule has 314 valence electrons. The average Bonchev–Trinajstić information content (AvgIpc) is 3.56. The summed E-state index contributed by atoms with van der Waals surface area (Å²) in [5, 5.41) is 39.5. The number of likely N-dealkylation sites (tertiary alicyclic amines) is 1. The molecule has 6 unspecified atom stereocenters. The molecule has 56 heavy (non-hydrogen) atoms. The number of aliphatic hydroxyl groups excluding tert-OH is 3. The van der Waals surface area contributed by atoms with Gasteiger partial charge in [0.25, 0.3) is 0 Å². The van der Waals surface area contributed by atoms with Crippen LogP contribution in [0.5, 0.6) is 0 Å². The summed E-state index contributed by atoms with van der Waals surface area (Å²) in [5.74, 6) is -0.981. The number of carbonyl (C=O) groups is 4. The third kappa shape index (κ3) is 10.9. The van der Waals surface area contributed by atoms with Gasteiger partial charge in [-0.2, -0.15) is 0 Å². The molecule has 4 aliphatic rings. The first kappa shape index (κ1) is 44.0.